The lowest BCUT2D eigenvalue weighted by atomic mass is 10.1. The molecule has 1 unspecified atom stereocenters. The predicted octanol–water partition coefficient (Wildman–Crippen LogP) is 2.59. The minimum atomic E-state index is -3.52. The van der Waals surface area contributed by atoms with Crippen molar-refractivity contribution < 1.29 is 12.8 Å². The summed E-state index contributed by atoms with van der Waals surface area (Å²) in [5, 5.41) is 3.38. The molecule has 120 valence electrons. The van der Waals surface area contributed by atoms with Gasteiger partial charge in [0.25, 0.3) is 10.0 Å². The molecule has 0 amide bonds. The predicted molar refractivity (Wildman–Crippen MR) is 82.5 cm³/mol. The van der Waals surface area contributed by atoms with Crippen LogP contribution in [0.4, 0.5) is 0 Å². The molecule has 6 heteroatoms. The zero-order valence-electron chi connectivity index (χ0n) is 13.1. The van der Waals surface area contributed by atoms with E-state index < -0.39 is 10.0 Å². The normalized spacial score (nSPS) is 17.3. The fourth-order valence-electron chi connectivity index (χ4n) is 2.13. The Morgan fingerprint density at radius 1 is 1.38 bits per heavy atom. The third kappa shape index (κ3) is 4.31. The first-order valence-electron chi connectivity index (χ1n) is 7.79. The van der Waals surface area contributed by atoms with Crippen LogP contribution in [0.15, 0.2) is 21.6 Å². The summed E-state index contributed by atoms with van der Waals surface area (Å²) in [5.41, 5.74) is 0. The summed E-state index contributed by atoms with van der Waals surface area (Å²) in [5.74, 6) is 1.02. The van der Waals surface area contributed by atoms with Gasteiger partial charge in [0, 0.05) is 19.1 Å². The first-order chi connectivity index (χ1) is 9.97. The Hall–Kier alpha value is -0.850. The monoisotopic (exact) mass is 314 g/mol. The average molecular weight is 314 g/mol. The van der Waals surface area contributed by atoms with Crippen molar-refractivity contribution in [3.63, 3.8) is 0 Å². The molecule has 0 spiro atoms. The van der Waals surface area contributed by atoms with E-state index >= 15 is 0 Å². The SMILES string of the molecule is CCC(C)CN(CC)S(=O)(=O)c1ccc(CNC2CC2)o1. The van der Waals surface area contributed by atoms with Gasteiger partial charge in [-0.1, -0.05) is 27.2 Å². The van der Waals surface area contributed by atoms with Crippen molar-refractivity contribution in [2.24, 2.45) is 5.92 Å². The van der Waals surface area contributed by atoms with E-state index in [2.05, 4.69) is 19.2 Å². The molecule has 0 bridgehead atoms. The molecule has 1 aliphatic rings. The van der Waals surface area contributed by atoms with Crippen LogP contribution in [0.5, 0.6) is 0 Å². The highest BCUT2D eigenvalue weighted by Gasteiger charge is 2.28. The molecule has 0 saturated heterocycles. The second kappa shape index (κ2) is 6.94. The molecule has 1 aromatic heterocycles. The van der Waals surface area contributed by atoms with Crippen LogP contribution >= 0.6 is 0 Å². The lowest BCUT2D eigenvalue weighted by molar-refractivity contribution is 0.338. The largest absolute Gasteiger partial charge is 0.447 e. The molecule has 5 nitrogen and oxygen atoms in total. The summed E-state index contributed by atoms with van der Waals surface area (Å²) < 4.78 is 32.2. The third-order valence-corrected chi connectivity index (χ3v) is 5.75. The van der Waals surface area contributed by atoms with Crippen LogP contribution in [-0.2, 0) is 16.6 Å². The molecule has 1 atom stereocenters. The molecule has 0 aromatic carbocycles. The number of hydrogen-bond donors (Lipinski definition) is 1. The van der Waals surface area contributed by atoms with Crippen molar-refractivity contribution in [1.82, 2.24) is 9.62 Å². The van der Waals surface area contributed by atoms with Gasteiger partial charge in [-0.15, -0.1) is 0 Å². The quantitative estimate of drug-likeness (QED) is 0.761. The van der Waals surface area contributed by atoms with Gasteiger partial charge >= 0.3 is 0 Å². The molecule has 0 radical (unpaired) electrons. The van der Waals surface area contributed by atoms with Gasteiger partial charge in [-0.3, -0.25) is 0 Å². The molecule has 1 aliphatic carbocycles. The van der Waals surface area contributed by atoms with Crippen molar-refractivity contribution in [2.75, 3.05) is 13.1 Å². The van der Waals surface area contributed by atoms with E-state index in [-0.39, 0.29) is 5.09 Å². The highest BCUT2D eigenvalue weighted by Crippen LogP contribution is 2.22. The number of furan rings is 1. The van der Waals surface area contributed by atoms with Crippen LogP contribution in [0.3, 0.4) is 0 Å². The van der Waals surface area contributed by atoms with Gasteiger partial charge in [0.15, 0.2) is 0 Å². The average Bonchev–Trinajstić information content (AvgIpc) is 3.17. The van der Waals surface area contributed by atoms with Crippen LogP contribution in [0.1, 0.15) is 45.8 Å². The fraction of sp³-hybridized carbons (Fsp3) is 0.733. The van der Waals surface area contributed by atoms with E-state index in [0.717, 1.165) is 6.42 Å². The van der Waals surface area contributed by atoms with Gasteiger partial charge < -0.3 is 9.73 Å². The smallest absolute Gasteiger partial charge is 0.276 e. The van der Waals surface area contributed by atoms with Crippen LogP contribution in [0.25, 0.3) is 0 Å². The highest BCUT2D eigenvalue weighted by molar-refractivity contribution is 7.89. The van der Waals surface area contributed by atoms with Gasteiger partial charge in [0.1, 0.15) is 5.76 Å². The van der Waals surface area contributed by atoms with E-state index in [1.54, 1.807) is 12.1 Å². The standard InChI is InChI=1S/C15H26N2O3S/c1-4-12(3)11-17(5-2)21(18,19)15-9-8-14(20-15)10-16-13-6-7-13/h8-9,12-13,16H,4-7,10-11H2,1-3H3. The Bertz CT molecular complexity index is 549. The van der Waals surface area contributed by atoms with Gasteiger partial charge in [0.05, 0.1) is 6.54 Å². The third-order valence-electron chi connectivity index (χ3n) is 3.94. The molecular formula is C15H26N2O3S. The van der Waals surface area contributed by atoms with Gasteiger partial charge in [-0.25, -0.2) is 8.42 Å². The number of nitrogens with one attached hydrogen (secondary N) is 1. The summed E-state index contributed by atoms with van der Waals surface area (Å²) in [4.78, 5) is 0. The molecule has 1 N–H and O–H groups in total. The number of hydrogen-bond acceptors (Lipinski definition) is 4. The Morgan fingerprint density at radius 2 is 2.10 bits per heavy atom. The van der Waals surface area contributed by atoms with Crippen molar-refractivity contribution >= 4 is 10.0 Å². The summed E-state index contributed by atoms with van der Waals surface area (Å²) in [6, 6.07) is 3.89. The maximum atomic E-state index is 12.6. The van der Waals surface area contributed by atoms with Gasteiger partial charge in [0.2, 0.25) is 5.09 Å². The van der Waals surface area contributed by atoms with E-state index in [4.69, 9.17) is 4.42 Å². The van der Waals surface area contributed by atoms with Crippen LogP contribution in [-0.4, -0.2) is 31.9 Å². The van der Waals surface area contributed by atoms with Crippen LogP contribution < -0.4 is 5.32 Å². The first kappa shape index (κ1) is 16.5. The lowest BCUT2D eigenvalue weighted by Crippen LogP contribution is -2.34. The van der Waals surface area contributed by atoms with Crippen LogP contribution in [0.2, 0.25) is 0 Å². The number of sulfonamides is 1. The van der Waals surface area contributed by atoms with E-state index in [9.17, 15) is 8.42 Å². The van der Waals surface area contributed by atoms with Gasteiger partial charge in [-0.05, 0) is 30.9 Å². The zero-order chi connectivity index (χ0) is 15.5. The number of rotatable bonds is 9. The second-order valence-corrected chi connectivity index (χ2v) is 7.71. The zero-order valence-corrected chi connectivity index (χ0v) is 13.9. The molecular weight excluding hydrogens is 288 g/mol. The first-order valence-corrected chi connectivity index (χ1v) is 9.23. The van der Waals surface area contributed by atoms with E-state index in [1.165, 1.54) is 17.1 Å². The number of nitrogens with zero attached hydrogens (tertiary/aromatic N) is 1. The second-order valence-electron chi connectivity index (χ2n) is 5.85. The lowest BCUT2D eigenvalue weighted by Gasteiger charge is -2.22. The van der Waals surface area contributed by atoms with E-state index in [0.29, 0.717) is 37.4 Å². The Morgan fingerprint density at radius 3 is 2.67 bits per heavy atom. The van der Waals surface area contributed by atoms with Crippen molar-refractivity contribution in [1.29, 1.82) is 0 Å². The Labute approximate surface area is 127 Å². The van der Waals surface area contributed by atoms with Crippen molar-refractivity contribution in [3.05, 3.63) is 17.9 Å². The van der Waals surface area contributed by atoms with E-state index in [1.807, 2.05) is 6.92 Å². The Balaban J connectivity index is 2.05. The summed E-state index contributed by atoms with van der Waals surface area (Å²) in [7, 11) is -3.52. The highest BCUT2D eigenvalue weighted by atomic mass is 32.2. The van der Waals surface area contributed by atoms with Crippen LogP contribution in [0, 0.1) is 5.92 Å². The summed E-state index contributed by atoms with van der Waals surface area (Å²) in [6.07, 6.45) is 3.36. The molecule has 1 saturated carbocycles. The molecule has 1 aromatic rings. The molecule has 0 aliphatic heterocycles. The Kier molecular flexibility index (Phi) is 5.46. The van der Waals surface area contributed by atoms with Crippen molar-refractivity contribution in [2.45, 2.75) is 57.7 Å². The van der Waals surface area contributed by atoms with Gasteiger partial charge in [-0.2, -0.15) is 4.31 Å². The fourth-order valence-corrected chi connectivity index (χ4v) is 3.62. The molecule has 2 rings (SSSR count). The maximum Gasteiger partial charge on any atom is 0.276 e. The maximum absolute atomic E-state index is 12.6. The molecule has 1 heterocycles. The summed E-state index contributed by atoms with van der Waals surface area (Å²) >= 11 is 0. The summed E-state index contributed by atoms with van der Waals surface area (Å²) in [6.45, 7) is 7.58. The molecule has 21 heavy (non-hydrogen) atoms. The minimum absolute atomic E-state index is 0.0558. The molecule has 1 fully saturated rings. The topological polar surface area (TPSA) is 62.6 Å². The van der Waals surface area contributed by atoms with Crippen molar-refractivity contribution in [3.8, 4) is 0 Å². The minimum Gasteiger partial charge on any atom is -0.447 e.